The molecule has 1 aromatic rings. The molecule has 1 aliphatic rings. The molecule has 0 saturated heterocycles. The van der Waals surface area contributed by atoms with Crippen LogP contribution in [0.5, 0.6) is 0 Å². The molecule has 1 amide bonds. The molecule has 2 rings (SSSR count). The Kier molecular flexibility index (Phi) is 3.57. The van der Waals surface area contributed by atoms with E-state index in [2.05, 4.69) is 41.2 Å². The van der Waals surface area contributed by atoms with Crippen LogP contribution in [0, 0.1) is 0 Å². The second-order valence-electron chi connectivity index (χ2n) is 4.88. The van der Waals surface area contributed by atoms with Gasteiger partial charge in [-0.2, -0.15) is 0 Å². The van der Waals surface area contributed by atoms with Crippen LogP contribution < -0.4 is 5.32 Å². The van der Waals surface area contributed by atoms with Crippen molar-refractivity contribution in [3.63, 3.8) is 0 Å². The molecule has 0 aliphatic heterocycles. The van der Waals surface area contributed by atoms with Crippen molar-refractivity contribution in [3.8, 4) is 0 Å². The third-order valence-corrected chi connectivity index (χ3v) is 4.04. The Bertz CT molecular complexity index is 426. The average molecular weight is 296 g/mol. The lowest BCUT2D eigenvalue weighted by Gasteiger charge is -2.19. The molecule has 1 unspecified atom stereocenters. The van der Waals surface area contributed by atoms with Crippen molar-refractivity contribution in [3.05, 3.63) is 34.3 Å². The lowest BCUT2D eigenvalue weighted by Crippen LogP contribution is -2.39. The zero-order valence-corrected chi connectivity index (χ0v) is 11.9. The highest BCUT2D eigenvalue weighted by molar-refractivity contribution is 9.10. The maximum atomic E-state index is 12.3. The molecule has 0 heterocycles. The molecule has 17 heavy (non-hydrogen) atoms. The first-order chi connectivity index (χ1) is 8.08. The van der Waals surface area contributed by atoms with Crippen LogP contribution in [-0.2, 0) is 10.2 Å². The van der Waals surface area contributed by atoms with Gasteiger partial charge in [-0.1, -0.05) is 35.0 Å². The van der Waals surface area contributed by atoms with E-state index in [1.807, 2.05) is 18.2 Å². The monoisotopic (exact) mass is 295 g/mol. The summed E-state index contributed by atoms with van der Waals surface area (Å²) in [7, 11) is 0. The van der Waals surface area contributed by atoms with Crippen LogP contribution in [0.15, 0.2) is 28.7 Å². The number of hydrogen-bond acceptors (Lipinski definition) is 1. The fraction of sp³-hybridized carbons (Fsp3) is 0.500. The van der Waals surface area contributed by atoms with Crippen molar-refractivity contribution < 1.29 is 4.79 Å². The van der Waals surface area contributed by atoms with Gasteiger partial charge < -0.3 is 5.32 Å². The van der Waals surface area contributed by atoms with Crippen molar-refractivity contribution >= 4 is 21.8 Å². The Morgan fingerprint density at radius 2 is 2.24 bits per heavy atom. The van der Waals surface area contributed by atoms with Gasteiger partial charge in [-0.3, -0.25) is 4.79 Å². The molecule has 3 heteroatoms. The maximum Gasteiger partial charge on any atom is 0.230 e. The van der Waals surface area contributed by atoms with Crippen LogP contribution in [0.4, 0.5) is 0 Å². The molecule has 1 N–H and O–H groups in total. The fourth-order valence-electron chi connectivity index (χ4n) is 2.02. The zero-order valence-electron chi connectivity index (χ0n) is 10.3. The van der Waals surface area contributed by atoms with Crippen molar-refractivity contribution in [2.45, 2.75) is 44.6 Å². The van der Waals surface area contributed by atoms with Crippen molar-refractivity contribution in [2.24, 2.45) is 0 Å². The molecule has 1 saturated carbocycles. The van der Waals surface area contributed by atoms with E-state index in [0.29, 0.717) is 0 Å². The largest absolute Gasteiger partial charge is 0.353 e. The van der Waals surface area contributed by atoms with Crippen molar-refractivity contribution in [1.29, 1.82) is 0 Å². The van der Waals surface area contributed by atoms with E-state index < -0.39 is 0 Å². The Morgan fingerprint density at radius 1 is 1.53 bits per heavy atom. The molecule has 0 bridgehead atoms. The molecule has 92 valence electrons. The number of benzene rings is 1. The number of halogens is 1. The van der Waals surface area contributed by atoms with Crippen LogP contribution in [0.25, 0.3) is 0 Å². The highest BCUT2D eigenvalue weighted by atomic mass is 79.9. The van der Waals surface area contributed by atoms with E-state index in [0.717, 1.165) is 29.3 Å². The molecule has 1 fully saturated rings. The number of nitrogens with one attached hydrogen (secondary N) is 1. The molecular formula is C14H18BrNO. The standard InChI is InChI=1S/C14H18BrNO/c1-3-10(2)16-13(17)14(7-8-14)11-5-4-6-12(15)9-11/h4-6,9-10H,3,7-8H2,1-2H3,(H,16,17). The van der Waals surface area contributed by atoms with Crippen LogP contribution in [0.1, 0.15) is 38.7 Å². The lowest BCUT2D eigenvalue weighted by molar-refractivity contribution is -0.124. The van der Waals surface area contributed by atoms with E-state index in [4.69, 9.17) is 0 Å². The van der Waals surface area contributed by atoms with E-state index >= 15 is 0 Å². The number of carbonyl (C=O) groups excluding carboxylic acids is 1. The van der Waals surface area contributed by atoms with Gasteiger partial charge in [0, 0.05) is 10.5 Å². The normalized spacial score (nSPS) is 18.5. The molecule has 0 radical (unpaired) electrons. The zero-order chi connectivity index (χ0) is 12.5. The lowest BCUT2D eigenvalue weighted by atomic mass is 9.94. The third-order valence-electron chi connectivity index (χ3n) is 3.55. The maximum absolute atomic E-state index is 12.3. The van der Waals surface area contributed by atoms with E-state index in [1.54, 1.807) is 0 Å². The summed E-state index contributed by atoms with van der Waals surface area (Å²) in [5, 5.41) is 3.10. The number of carbonyl (C=O) groups is 1. The minimum Gasteiger partial charge on any atom is -0.353 e. The fourth-order valence-corrected chi connectivity index (χ4v) is 2.42. The van der Waals surface area contributed by atoms with Gasteiger partial charge in [0.2, 0.25) is 5.91 Å². The first-order valence-corrected chi connectivity index (χ1v) is 6.95. The minimum absolute atomic E-state index is 0.185. The van der Waals surface area contributed by atoms with Gasteiger partial charge in [0.15, 0.2) is 0 Å². The highest BCUT2D eigenvalue weighted by Gasteiger charge is 2.51. The predicted octanol–water partition coefficient (Wildman–Crippen LogP) is 3.40. The second kappa shape index (κ2) is 4.81. The van der Waals surface area contributed by atoms with Crippen LogP contribution in [0.2, 0.25) is 0 Å². The van der Waals surface area contributed by atoms with Gasteiger partial charge in [-0.25, -0.2) is 0 Å². The van der Waals surface area contributed by atoms with E-state index in [1.165, 1.54) is 0 Å². The topological polar surface area (TPSA) is 29.1 Å². The van der Waals surface area contributed by atoms with Gasteiger partial charge >= 0.3 is 0 Å². The SMILES string of the molecule is CCC(C)NC(=O)C1(c2cccc(Br)c2)CC1. The quantitative estimate of drug-likeness (QED) is 0.906. The Balaban J connectivity index is 2.17. The van der Waals surface area contributed by atoms with E-state index in [-0.39, 0.29) is 17.4 Å². The summed E-state index contributed by atoms with van der Waals surface area (Å²) < 4.78 is 1.04. The summed E-state index contributed by atoms with van der Waals surface area (Å²) in [6.45, 7) is 4.14. The van der Waals surface area contributed by atoms with Gasteiger partial charge in [0.1, 0.15) is 0 Å². The summed E-state index contributed by atoms with van der Waals surface area (Å²) in [5.74, 6) is 0.185. The van der Waals surface area contributed by atoms with Crippen LogP contribution in [-0.4, -0.2) is 11.9 Å². The van der Waals surface area contributed by atoms with Gasteiger partial charge in [0.25, 0.3) is 0 Å². The molecule has 1 aliphatic carbocycles. The highest BCUT2D eigenvalue weighted by Crippen LogP contribution is 2.48. The van der Waals surface area contributed by atoms with Crippen LogP contribution in [0.3, 0.4) is 0 Å². The Hall–Kier alpha value is -0.830. The molecule has 1 atom stereocenters. The van der Waals surface area contributed by atoms with Crippen molar-refractivity contribution in [1.82, 2.24) is 5.32 Å². The third kappa shape index (κ3) is 2.54. The Labute approximate surface area is 111 Å². The van der Waals surface area contributed by atoms with Crippen molar-refractivity contribution in [2.75, 3.05) is 0 Å². The number of amides is 1. The summed E-state index contributed by atoms with van der Waals surface area (Å²) in [6.07, 6.45) is 2.90. The first kappa shape index (κ1) is 12.6. The summed E-state index contributed by atoms with van der Waals surface area (Å²) in [5.41, 5.74) is 0.875. The molecule has 2 nitrogen and oxygen atoms in total. The summed E-state index contributed by atoms with van der Waals surface area (Å²) in [4.78, 5) is 12.3. The van der Waals surface area contributed by atoms with Gasteiger partial charge in [-0.05, 0) is 43.9 Å². The van der Waals surface area contributed by atoms with Gasteiger partial charge in [0.05, 0.1) is 5.41 Å². The number of rotatable bonds is 4. The first-order valence-electron chi connectivity index (χ1n) is 6.15. The molecule has 0 spiro atoms. The average Bonchev–Trinajstić information content (AvgIpc) is 3.10. The number of hydrogen-bond donors (Lipinski definition) is 1. The summed E-state index contributed by atoms with van der Waals surface area (Å²) >= 11 is 3.46. The second-order valence-corrected chi connectivity index (χ2v) is 5.79. The molecular weight excluding hydrogens is 278 g/mol. The molecule has 1 aromatic carbocycles. The summed E-state index contributed by atoms with van der Waals surface area (Å²) in [6, 6.07) is 8.35. The smallest absolute Gasteiger partial charge is 0.230 e. The van der Waals surface area contributed by atoms with Gasteiger partial charge in [-0.15, -0.1) is 0 Å². The van der Waals surface area contributed by atoms with E-state index in [9.17, 15) is 4.79 Å². The Morgan fingerprint density at radius 3 is 2.76 bits per heavy atom. The predicted molar refractivity (Wildman–Crippen MR) is 72.9 cm³/mol. The van der Waals surface area contributed by atoms with Crippen LogP contribution >= 0.6 is 15.9 Å². The minimum atomic E-state index is -0.257. The molecule has 0 aromatic heterocycles.